The Morgan fingerprint density at radius 1 is 1.36 bits per heavy atom. The Morgan fingerprint density at radius 3 is 2.91 bits per heavy atom. The number of carbonyl (C=O) groups is 1. The molecule has 5 heteroatoms. The standard InChI is InChI=1S/C17H11ClN2O2/c1-10(21)22-17-14-4-2-3-11(8-19)13(14)5-6-16-15(17)7-12(18)9-20-16/h2-7,9,17H,1H3. The molecule has 22 heavy (non-hydrogen) atoms. The van der Waals surface area contributed by atoms with Crippen LogP contribution in [0.2, 0.25) is 5.02 Å². The summed E-state index contributed by atoms with van der Waals surface area (Å²) < 4.78 is 5.49. The molecule has 0 amide bonds. The lowest BCUT2D eigenvalue weighted by molar-refractivity contribution is -0.144. The molecule has 3 rings (SSSR count). The minimum absolute atomic E-state index is 0.411. The summed E-state index contributed by atoms with van der Waals surface area (Å²) in [4.78, 5) is 15.8. The van der Waals surface area contributed by atoms with Gasteiger partial charge >= 0.3 is 5.97 Å². The minimum Gasteiger partial charge on any atom is -0.453 e. The van der Waals surface area contributed by atoms with Gasteiger partial charge in [0.2, 0.25) is 0 Å². The van der Waals surface area contributed by atoms with E-state index in [1.165, 1.54) is 13.1 Å². The zero-order chi connectivity index (χ0) is 15.7. The topological polar surface area (TPSA) is 63.0 Å². The van der Waals surface area contributed by atoms with Crippen LogP contribution >= 0.6 is 11.6 Å². The van der Waals surface area contributed by atoms with E-state index >= 15 is 0 Å². The third-order valence-electron chi connectivity index (χ3n) is 3.43. The maximum Gasteiger partial charge on any atom is 0.303 e. The molecule has 0 aliphatic heterocycles. The number of esters is 1. The Labute approximate surface area is 132 Å². The van der Waals surface area contributed by atoms with E-state index in [-0.39, 0.29) is 0 Å². The molecule has 0 spiro atoms. The first-order chi connectivity index (χ1) is 10.6. The molecular formula is C17H11ClN2O2. The van der Waals surface area contributed by atoms with E-state index in [9.17, 15) is 10.1 Å². The molecule has 0 bridgehead atoms. The van der Waals surface area contributed by atoms with Gasteiger partial charge in [-0.3, -0.25) is 9.78 Å². The van der Waals surface area contributed by atoms with Crippen LogP contribution in [-0.4, -0.2) is 11.0 Å². The van der Waals surface area contributed by atoms with E-state index in [0.29, 0.717) is 21.8 Å². The molecule has 0 fully saturated rings. The normalized spacial score (nSPS) is 15.2. The maximum absolute atomic E-state index is 11.5. The summed E-state index contributed by atoms with van der Waals surface area (Å²) in [5.74, 6) is -0.411. The number of benzene rings is 1. The van der Waals surface area contributed by atoms with Crippen LogP contribution in [0.4, 0.5) is 0 Å². The van der Waals surface area contributed by atoms with E-state index in [2.05, 4.69) is 11.1 Å². The minimum atomic E-state index is -0.642. The van der Waals surface area contributed by atoms with Crippen molar-refractivity contribution >= 4 is 29.7 Å². The van der Waals surface area contributed by atoms with Crippen molar-refractivity contribution in [3.05, 3.63) is 63.4 Å². The van der Waals surface area contributed by atoms with E-state index in [1.807, 2.05) is 12.1 Å². The summed E-state index contributed by atoms with van der Waals surface area (Å²) >= 11 is 6.04. The Balaban J connectivity index is 2.28. The zero-order valence-corrected chi connectivity index (χ0v) is 12.5. The van der Waals surface area contributed by atoms with Gasteiger partial charge in [-0.25, -0.2) is 0 Å². The van der Waals surface area contributed by atoms with Crippen LogP contribution < -0.4 is 0 Å². The third-order valence-corrected chi connectivity index (χ3v) is 3.64. The van der Waals surface area contributed by atoms with Gasteiger partial charge in [-0.15, -0.1) is 0 Å². The van der Waals surface area contributed by atoms with E-state index in [1.54, 1.807) is 24.3 Å². The fourth-order valence-electron chi connectivity index (χ4n) is 2.53. The highest BCUT2D eigenvalue weighted by molar-refractivity contribution is 6.30. The van der Waals surface area contributed by atoms with E-state index < -0.39 is 12.1 Å². The molecule has 1 aromatic heterocycles. The number of rotatable bonds is 1. The smallest absolute Gasteiger partial charge is 0.303 e. The van der Waals surface area contributed by atoms with Crippen molar-refractivity contribution < 1.29 is 9.53 Å². The fraction of sp³-hybridized carbons (Fsp3) is 0.118. The number of hydrogen-bond donors (Lipinski definition) is 0. The summed E-state index contributed by atoms with van der Waals surface area (Å²) in [5.41, 5.74) is 3.35. The van der Waals surface area contributed by atoms with Gasteiger partial charge in [-0.1, -0.05) is 29.8 Å². The molecule has 1 aliphatic carbocycles. The summed E-state index contributed by atoms with van der Waals surface area (Å²) in [6.45, 7) is 1.35. The molecule has 0 saturated carbocycles. The van der Waals surface area contributed by atoms with Crippen LogP contribution in [0.15, 0.2) is 30.5 Å². The van der Waals surface area contributed by atoms with Gasteiger partial charge in [-0.2, -0.15) is 5.26 Å². The van der Waals surface area contributed by atoms with Crippen molar-refractivity contribution in [1.29, 1.82) is 5.26 Å². The molecule has 0 saturated heterocycles. The number of nitriles is 1. The number of fused-ring (bicyclic) bond motifs is 2. The molecule has 1 aliphatic rings. The third kappa shape index (κ3) is 2.47. The first kappa shape index (κ1) is 14.3. The quantitative estimate of drug-likeness (QED) is 0.753. The summed E-state index contributed by atoms with van der Waals surface area (Å²) in [5, 5.41) is 9.75. The first-order valence-electron chi connectivity index (χ1n) is 6.64. The highest BCUT2D eigenvalue weighted by Gasteiger charge is 2.26. The molecule has 0 radical (unpaired) electrons. The fourth-order valence-corrected chi connectivity index (χ4v) is 2.70. The lowest BCUT2D eigenvalue weighted by atomic mass is 9.95. The summed E-state index contributed by atoms with van der Waals surface area (Å²) in [6, 6.07) is 9.22. The number of hydrogen-bond acceptors (Lipinski definition) is 4. The highest BCUT2D eigenvalue weighted by atomic mass is 35.5. The Kier molecular flexibility index (Phi) is 3.66. The summed E-state index contributed by atoms with van der Waals surface area (Å²) in [7, 11) is 0. The number of nitrogens with zero attached hydrogens (tertiary/aromatic N) is 2. The molecule has 108 valence electrons. The van der Waals surface area contributed by atoms with E-state index in [4.69, 9.17) is 16.3 Å². The van der Waals surface area contributed by atoms with Crippen LogP contribution in [-0.2, 0) is 9.53 Å². The van der Waals surface area contributed by atoms with Gasteiger partial charge in [0.1, 0.15) is 0 Å². The molecule has 1 heterocycles. The van der Waals surface area contributed by atoms with Crippen LogP contribution in [0.3, 0.4) is 0 Å². The average molecular weight is 311 g/mol. The van der Waals surface area contributed by atoms with Gasteiger partial charge in [0.15, 0.2) is 6.10 Å². The van der Waals surface area contributed by atoms with Crippen molar-refractivity contribution in [1.82, 2.24) is 4.98 Å². The Hall–Kier alpha value is -2.64. The van der Waals surface area contributed by atoms with E-state index in [0.717, 1.165) is 11.1 Å². The van der Waals surface area contributed by atoms with Crippen LogP contribution in [0, 0.1) is 11.3 Å². The van der Waals surface area contributed by atoms with Crippen molar-refractivity contribution in [2.45, 2.75) is 13.0 Å². The average Bonchev–Trinajstić information content (AvgIpc) is 2.64. The molecule has 4 nitrogen and oxygen atoms in total. The molecule has 1 unspecified atom stereocenters. The second kappa shape index (κ2) is 5.63. The molecule has 1 atom stereocenters. The number of pyridine rings is 1. The van der Waals surface area contributed by atoms with Crippen molar-refractivity contribution in [3.8, 4) is 6.07 Å². The molecule has 2 aromatic rings. The van der Waals surface area contributed by atoms with Gasteiger partial charge in [0.25, 0.3) is 0 Å². The van der Waals surface area contributed by atoms with Gasteiger partial charge in [0, 0.05) is 24.2 Å². The molecular weight excluding hydrogens is 300 g/mol. The van der Waals surface area contributed by atoms with Crippen LogP contribution in [0.1, 0.15) is 41.0 Å². The molecule has 0 N–H and O–H groups in total. The van der Waals surface area contributed by atoms with Crippen molar-refractivity contribution in [3.63, 3.8) is 0 Å². The lowest BCUT2D eigenvalue weighted by Crippen LogP contribution is -2.12. The lowest BCUT2D eigenvalue weighted by Gasteiger charge is -2.20. The predicted octanol–water partition coefficient (Wildman–Crippen LogP) is 3.74. The zero-order valence-electron chi connectivity index (χ0n) is 11.7. The number of halogens is 1. The maximum atomic E-state index is 11.5. The number of ether oxygens (including phenoxy) is 1. The van der Waals surface area contributed by atoms with Crippen LogP contribution in [0.5, 0.6) is 0 Å². The van der Waals surface area contributed by atoms with Gasteiger partial charge in [-0.05, 0) is 23.8 Å². The van der Waals surface area contributed by atoms with Crippen LogP contribution in [0.25, 0.3) is 12.2 Å². The summed E-state index contributed by atoms with van der Waals surface area (Å²) in [6.07, 6.45) is 4.51. The monoisotopic (exact) mass is 310 g/mol. The number of carbonyl (C=O) groups excluding carboxylic acids is 1. The first-order valence-corrected chi connectivity index (χ1v) is 7.01. The predicted molar refractivity (Wildman–Crippen MR) is 82.9 cm³/mol. The van der Waals surface area contributed by atoms with Crippen molar-refractivity contribution in [2.24, 2.45) is 0 Å². The largest absolute Gasteiger partial charge is 0.453 e. The SMILES string of the molecule is CC(=O)OC1c2cc(Cl)cnc2C=Cc2c(C#N)cccc21. The second-order valence-corrected chi connectivity index (χ2v) is 5.31. The Bertz CT molecular complexity index is 837. The van der Waals surface area contributed by atoms with Crippen molar-refractivity contribution in [2.75, 3.05) is 0 Å². The second-order valence-electron chi connectivity index (χ2n) is 4.87. The Morgan fingerprint density at radius 2 is 2.18 bits per heavy atom. The molecule has 1 aromatic carbocycles. The number of aromatic nitrogens is 1. The van der Waals surface area contributed by atoms with Gasteiger partial charge < -0.3 is 4.74 Å². The highest BCUT2D eigenvalue weighted by Crippen LogP contribution is 2.36. The van der Waals surface area contributed by atoms with Gasteiger partial charge in [0.05, 0.1) is 22.3 Å².